The molecule has 3 rings (SSSR count). The zero-order chi connectivity index (χ0) is 14.8. The first-order valence-electron chi connectivity index (χ1n) is 7.55. The van der Waals surface area contributed by atoms with Gasteiger partial charge in [-0.05, 0) is 31.0 Å². The lowest BCUT2D eigenvalue weighted by Crippen LogP contribution is -2.36. The predicted molar refractivity (Wildman–Crippen MR) is 83.2 cm³/mol. The van der Waals surface area contributed by atoms with Crippen molar-refractivity contribution in [1.29, 1.82) is 0 Å². The first-order chi connectivity index (χ1) is 10.1. The summed E-state index contributed by atoms with van der Waals surface area (Å²) in [6.45, 7) is 6.64. The molecule has 1 unspecified atom stereocenters. The highest BCUT2D eigenvalue weighted by Gasteiger charge is 2.22. The van der Waals surface area contributed by atoms with Crippen molar-refractivity contribution in [3.8, 4) is 0 Å². The average Bonchev–Trinajstić information content (AvgIpc) is 3.01. The molecule has 0 spiro atoms. The Morgan fingerprint density at radius 3 is 3.19 bits per heavy atom. The number of H-pyrrole nitrogens is 1. The Hall–Kier alpha value is -1.88. The van der Waals surface area contributed by atoms with Gasteiger partial charge in [-0.25, -0.2) is 4.98 Å². The van der Waals surface area contributed by atoms with Crippen LogP contribution in [0.5, 0.6) is 0 Å². The van der Waals surface area contributed by atoms with Crippen LogP contribution in [-0.2, 0) is 11.2 Å². The number of aryl methyl sites for hydroxylation is 1. The van der Waals surface area contributed by atoms with Crippen LogP contribution in [0.4, 0.5) is 0 Å². The highest BCUT2D eigenvalue weighted by atomic mass is 16.1. The van der Waals surface area contributed by atoms with Crippen molar-refractivity contribution in [3.05, 3.63) is 29.6 Å². The van der Waals surface area contributed by atoms with Gasteiger partial charge in [0.25, 0.3) is 0 Å². The molecular weight excluding hydrogens is 264 g/mol. The minimum atomic E-state index is 0.0644. The van der Waals surface area contributed by atoms with Crippen LogP contribution in [0, 0.1) is 6.92 Å². The Labute approximate surface area is 124 Å². The molecule has 1 saturated heterocycles. The number of hydrogen-bond acceptors (Lipinski definition) is 3. The third kappa shape index (κ3) is 3.42. The number of likely N-dealkylation sites (tertiary alicyclic amines) is 1. The molecule has 1 aromatic heterocycles. The number of carbonyl (C=O) groups excluding carboxylic acids is 1. The molecule has 0 saturated carbocycles. The van der Waals surface area contributed by atoms with Gasteiger partial charge in [-0.15, -0.1) is 0 Å². The number of imidazole rings is 1. The van der Waals surface area contributed by atoms with Crippen molar-refractivity contribution in [1.82, 2.24) is 20.2 Å². The average molecular weight is 286 g/mol. The van der Waals surface area contributed by atoms with Crippen molar-refractivity contribution in [2.45, 2.75) is 32.7 Å². The summed E-state index contributed by atoms with van der Waals surface area (Å²) in [6.07, 6.45) is 1.96. The summed E-state index contributed by atoms with van der Waals surface area (Å²) in [5.74, 6) is 1.10. The monoisotopic (exact) mass is 286 g/mol. The summed E-state index contributed by atoms with van der Waals surface area (Å²) in [4.78, 5) is 21.5. The molecule has 1 aliphatic heterocycles. The molecule has 5 heteroatoms. The van der Waals surface area contributed by atoms with Crippen molar-refractivity contribution in [2.75, 3.05) is 19.6 Å². The molecule has 1 aromatic carbocycles. The fraction of sp³-hybridized carbons (Fsp3) is 0.500. The number of aromatic amines is 1. The molecule has 5 nitrogen and oxygen atoms in total. The van der Waals surface area contributed by atoms with Crippen LogP contribution in [0.2, 0.25) is 0 Å². The van der Waals surface area contributed by atoms with E-state index in [1.54, 1.807) is 6.92 Å². The molecule has 1 atom stereocenters. The molecule has 2 aromatic rings. The van der Waals surface area contributed by atoms with Crippen molar-refractivity contribution >= 4 is 16.9 Å². The number of aromatic nitrogens is 2. The highest BCUT2D eigenvalue weighted by molar-refractivity contribution is 5.75. The second-order valence-electron chi connectivity index (χ2n) is 5.94. The van der Waals surface area contributed by atoms with Crippen LogP contribution >= 0.6 is 0 Å². The van der Waals surface area contributed by atoms with E-state index in [0.717, 1.165) is 49.3 Å². The van der Waals surface area contributed by atoms with Crippen molar-refractivity contribution in [2.24, 2.45) is 0 Å². The summed E-state index contributed by atoms with van der Waals surface area (Å²) in [6, 6.07) is 6.59. The van der Waals surface area contributed by atoms with Gasteiger partial charge in [0.05, 0.1) is 11.0 Å². The predicted octanol–water partition coefficient (Wildman–Crippen LogP) is 1.62. The van der Waals surface area contributed by atoms with Crippen LogP contribution in [0.3, 0.4) is 0 Å². The van der Waals surface area contributed by atoms with Gasteiger partial charge in [-0.3, -0.25) is 4.79 Å². The third-order valence-electron chi connectivity index (χ3n) is 4.03. The molecule has 1 aliphatic rings. The number of rotatable bonds is 4. The van der Waals surface area contributed by atoms with E-state index >= 15 is 0 Å². The van der Waals surface area contributed by atoms with Gasteiger partial charge in [0.1, 0.15) is 5.82 Å². The molecule has 2 N–H and O–H groups in total. The Kier molecular flexibility index (Phi) is 3.92. The zero-order valence-corrected chi connectivity index (χ0v) is 12.6. The van der Waals surface area contributed by atoms with Crippen LogP contribution in [-0.4, -0.2) is 46.5 Å². The number of fused-ring (bicyclic) bond motifs is 1. The van der Waals surface area contributed by atoms with E-state index in [1.165, 1.54) is 5.56 Å². The number of nitrogens with zero attached hydrogens (tertiary/aromatic N) is 2. The van der Waals surface area contributed by atoms with Gasteiger partial charge < -0.3 is 15.2 Å². The van der Waals surface area contributed by atoms with E-state index in [4.69, 9.17) is 0 Å². The Bertz CT molecular complexity index is 649. The van der Waals surface area contributed by atoms with Gasteiger partial charge in [0.15, 0.2) is 0 Å². The smallest absolute Gasteiger partial charge is 0.217 e. The second kappa shape index (κ2) is 5.85. The maximum Gasteiger partial charge on any atom is 0.217 e. The van der Waals surface area contributed by atoms with Gasteiger partial charge in [-0.2, -0.15) is 0 Å². The quantitative estimate of drug-likeness (QED) is 0.898. The van der Waals surface area contributed by atoms with Gasteiger partial charge in [0.2, 0.25) is 5.91 Å². The van der Waals surface area contributed by atoms with E-state index in [9.17, 15) is 4.79 Å². The lowest BCUT2D eigenvalue weighted by atomic mass is 10.2. The van der Waals surface area contributed by atoms with Gasteiger partial charge in [0, 0.05) is 39.0 Å². The molecular formula is C16H22N4O. The highest BCUT2D eigenvalue weighted by Crippen LogP contribution is 2.15. The summed E-state index contributed by atoms with van der Waals surface area (Å²) < 4.78 is 0. The Morgan fingerprint density at radius 2 is 2.38 bits per heavy atom. The van der Waals surface area contributed by atoms with Crippen LogP contribution in [0.15, 0.2) is 18.2 Å². The van der Waals surface area contributed by atoms with E-state index in [2.05, 4.69) is 45.3 Å². The Balaban J connectivity index is 1.56. The lowest BCUT2D eigenvalue weighted by molar-refractivity contribution is -0.119. The fourth-order valence-electron chi connectivity index (χ4n) is 3.00. The first-order valence-corrected chi connectivity index (χ1v) is 7.55. The molecule has 1 fully saturated rings. The van der Waals surface area contributed by atoms with E-state index in [-0.39, 0.29) is 5.91 Å². The number of hydrogen-bond donors (Lipinski definition) is 2. The topological polar surface area (TPSA) is 61.0 Å². The van der Waals surface area contributed by atoms with Crippen LogP contribution in [0.1, 0.15) is 24.7 Å². The minimum Gasteiger partial charge on any atom is -0.352 e. The van der Waals surface area contributed by atoms with E-state index in [1.807, 2.05) is 0 Å². The summed E-state index contributed by atoms with van der Waals surface area (Å²) in [5, 5.41) is 2.99. The number of carbonyl (C=O) groups is 1. The van der Waals surface area contributed by atoms with E-state index in [0.29, 0.717) is 6.04 Å². The number of nitrogens with one attached hydrogen (secondary N) is 2. The van der Waals surface area contributed by atoms with Crippen LogP contribution in [0.25, 0.3) is 11.0 Å². The third-order valence-corrected chi connectivity index (χ3v) is 4.03. The van der Waals surface area contributed by atoms with Gasteiger partial charge in [-0.1, -0.05) is 6.07 Å². The molecule has 21 heavy (non-hydrogen) atoms. The van der Waals surface area contributed by atoms with E-state index < -0.39 is 0 Å². The largest absolute Gasteiger partial charge is 0.352 e. The lowest BCUT2D eigenvalue weighted by Gasteiger charge is -2.15. The van der Waals surface area contributed by atoms with Crippen molar-refractivity contribution in [3.63, 3.8) is 0 Å². The standard InChI is InChI=1S/C16H22N4O/c1-11-3-4-14-15(9-11)19-16(18-14)6-8-20-7-5-13(10-20)17-12(2)21/h3-4,9,13H,5-8,10H2,1-2H3,(H,17,21)(H,18,19). The maximum absolute atomic E-state index is 11.1. The summed E-state index contributed by atoms with van der Waals surface area (Å²) in [5.41, 5.74) is 3.39. The molecule has 0 bridgehead atoms. The fourth-order valence-corrected chi connectivity index (χ4v) is 3.00. The molecule has 112 valence electrons. The molecule has 0 aliphatic carbocycles. The van der Waals surface area contributed by atoms with Crippen LogP contribution < -0.4 is 5.32 Å². The number of benzene rings is 1. The van der Waals surface area contributed by atoms with Gasteiger partial charge >= 0.3 is 0 Å². The summed E-state index contributed by atoms with van der Waals surface area (Å²) >= 11 is 0. The van der Waals surface area contributed by atoms with Crippen molar-refractivity contribution < 1.29 is 4.79 Å². The minimum absolute atomic E-state index is 0.0644. The molecule has 1 amide bonds. The number of amides is 1. The maximum atomic E-state index is 11.1. The molecule has 0 radical (unpaired) electrons. The normalized spacial score (nSPS) is 19.2. The SMILES string of the molecule is CC(=O)NC1CCN(CCc2nc3ccc(C)cc3[nH]2)C1. The summed E-state index contributed by atoms with van der Waals surface area (Å²) in [7, 11) is 0. The first kappa shape index (κ1) is 14.1. The zero-order valence-electron chi connectivity index (χ0n) is 12.6. The Morgan fingerprint density at radius 1 is 1.52 bits per heavy atom. The molecule has 2 heterocycles. The second-order valence-corrected chi connectivity index (χ2v) is 5.94.